The molecule has 1 aromatic carbocycles. The molecule has 6 heteroatoms. The Morgan fingerprint density at radius 1 is 1.30 bits per heavy atom. The number of aliphatic imine (C=N–C) groups is 1. The quantitative estimate of drug-likeness (QED) is 0.467. The number of carbonyl (C=O) groups is 1. The average Bonchev–Trinajstić information content (AvgIpc) is 2.85. The van der Waals surface area contributed by atoms with Crippen LogP contribution in [-0.4, -0.2) is 32.7 Å². The van der Waals surface area contributed by atoms with Crippen molar-refractivity contribution in [2.24, 2.45) is 4.99 Å². The second-order valence-corrected chi connectivity index (χ2v) is 3.83. The molecule has 0 atom stereocenters. The van der Waals surface area contributed by atoms with Gasteiger partial charge in [0.15, 0.2) is 5.70 Å². The van der Waals surface area contributed by atoms with E-state index in [-0.39, 0.29) is 11.6 Å². The molecule has 1 heterocycles. The van der Waals surface area contributed by atoms with Crippen LogP contribution in [0.15, 0.2) is 35.2 Å². The molecule has 0 saturated carbocycles. The first-order chi connectivity index (χ1) is 9.69. The summed E-state index contributed by atoms with van der Waals surface area (Å²) in [6.45, 7) is 2.27. The number of esters is 1. The molecule has 0 unspecified atom stereocenters. The molecule has 1 aliphatic rings. The monoisotopic (exact) mass is 277 g/mol. The van der Waals surface area contributed by atoms with Gasteiger partial charge < -0.3 is 18.9 Å². The molecular weight excluding hydrogens is 262 g/mol. The summed E-state index contributed by atoms with van der Waals surface area (Å²) in [6, 6.07) is 5.14. The van der Waals surface area contributed by atoms with Crippen LogP contribution in [0.3, 0.4) is 0 Å². The topological polar surface area (TPSA) is 66.3 Å². The van der Waals surface area contributed by atoms with Gasteiger partial charge >= 0.3 is 5.97 Å². The highest BCUT2D eigenvalue weighted by Crippen LogP contribution is 2.28. The van der Waals surface area contributed by atoms with E-state index in [1.165, 1.54) is 13.4 Å². The van der Waals surface area contributed by atoms with E-state index < -0.39 is 5.97 Å². The number of hydrogen-bond acceptors (Lipinski definition) is 6. The minimum Gasteiger partial charge on any atom is -0.499 e. The minimum atomic E-state index is -0.550. The van der Waals surface area contributed by atoms with Crippen molar-refractivity contribution >= 4 is 11.9 Å². The van der Waals surface area contributed by atoms with E-state index in [1.54, 1.807) is 25.3 Å². The lowest BCUT2D eigenvalue weighted by molar-refractivity contribution is -0.130. The Morgan fingerprint density at radius 2 is 2.10 bits per heavy atom. The van der Waals surface area contributed by atoms with E-state index in [1.807, 2.05) is 6.92 Å². The number of carbonyl (C=O) groups excluding carboxylic acids is 1. The van der Waals surface area contributed by atoms with Crippen LogP contribution in [0, 0.1) is 0 Å². The van der Waals surface area contributed by atoms with Crippen molar-refractivity contribution in [2.75, 3.05) is 20.8 Å². The lowest BCUT2D eigenvalue weighted by Crippen LogP contribution is -2.07. The molecule has 0 bridgehead atoms. The summed E-state index contributed by atoms with van der Waals surface area (Å²) < 4.78 is 20.5. The first-order valence-corrected chi connectivity index (χ1v) is 6.04. The van der Waals surface area contributed by atoms with E-state index in [4.69, 9.17) is 18.9 Å². The van der Waals surface area contributed by atoms with E-state index in [0.29, 0.717) is 23.7 Å². The summed E-state index contributed by atoms with van der Waals surface area (Å²) in [5.41, 5.74) is 0.696. The predicted molar refractivity (Wildman–Crippen MR) is 71.9 cm³/mol. The van der Waals surface area contributed by atoms with Crippen LogP contribution in [0.1, 0.15) is 12.5 Å². The van der Waals surface area contributed by atoms with Crippen LogP contribution in [0.4, 0.5) is 0 Å². The van der Waals surface area contributed by atoms with Crippen molar-refractivity contribution in [1.82, 2.24) is 0 Å². The molecular formula is C14H15NO5. The molecule has 0 saturated heterocycles. The highest BCUT2D eigenvalue weighted by Gasteiger charge is 2.26. The molecule has 0 aromatic heterocycles. The lowest BCUT2D eigenvalue weighted by Gasteiger charge is -2.08. The number of rotatable bonds is 5. The molecule has 0 fully saturated rings. The predicted octanol–water partition coefficient (Wildman–Crippen LogP) is 1.89. The Balaban J connectivity index is 2.35. The Morgan fingerprint density at radius 3 is 2.75 bits per heavy atom. The molecule has 20 heavy (non-hydrogen) atoms. The van der Waals surface area contributed by atoms with Gasteiger partial charge in [0.1, 0.15) is 17.8 Å². The largest absolute Gasteiger partial charge is 0.499 e. The first-order valence-electron chi connectivity index (χ1n) is 6.04. The average molecular weight is 277 g/mol. The van der Waals surface area contributed by atoms with Gasteiger partial charge in [-0.15, -0.1) is 0 Å². The van der Waals surface area contributed by atoms with Gasteiger partial charge in [-0.05, 0) is 19.1 Å². The van der Waals surface area contributed by atoms with Crippen LogP contribution in [0.25, 0.3) is 0 Å². The summed E-state index contributed by atoms with van der Waals surface area (Å²) in [6.07, 6.45) is 1.28. The Bertz CT molecular complexity index is 577. The van der Waals surface area contributed by atoms with Crippen molar-refractivity contribution < 1.29 is 23.7 Å². The Kier molecular flexibility index (Phi) is 4.24. The fourth-order valence-corrected chi connectivity index (χ4v) is 1.65. The third kappa shape index (κ3) is 2.74. The lowest BCUT2D eigenvalue weighted by atomic mass is 10.2. The van der Waals surface area contributed by atoms with Gasteiger partial charge in [-0.3, -0.25) is 0 Å². The van der Waals surface area contributed by atoms with Crippen molar-refractivity contribution in [2.45, 2.75) is 6.92 Å². The van der Waals surface area contributed by atoms with Crippen molar-refractivity contribution in [3.05, 3.63) is 35.7 Å². The number of hydrogen-bond donors (Lipinski definition) is 0. The highest BCUT2D eigenvalue weighted by atomic mass is 16.6. The summed E-state index contributed by atoms with van der Waals surface area (Å²) in [4.78, 5) is 15.7. The minimum absolute atomic E-state index is 0.125. The SMILES string of the molecule is CCO/C=C1\N=C(c2ccc(OC)cc2OC)OC1=O. The first kappa shape index (κ1) is 13.9. The molecule has 106 valence electrons. The number of methoxy groups -OCH3 is 2. The Hall–Kier alpha value is -2.50. The standard InChI is InChI=1S/C14H15NO5/c1-4-19-8-11-14(16)20-13(15-11)10-6-5-9(17-2)7-12(10)18-3/h5-8H,4H2,1-3H3/b11-8-. The third-order valence-electron chi connectivity index (χ3n) is 2.62. The molecule has 1 aliphatic heterocycles. The van der Waals surface area contributed by atoms with Crippen molar-refractivity contribution in [3.63, 3.8) is 0 Å². The molecule has 0 spiro atoms. The fraction of sp³-hybridized carbons (Fsp3) is 0.286. The normalized spacial score (nSPS) is 15.8. The van der Waals surface area contributed by atoms with Gasteiger partial charge in [0.25, 0.3) is 0 Å². The molecule has 6 nitrogen and oxygen atoms in total. The van der Waals surface area contributed by atoms with E-state index >= 15 is 0 Å². The number of benzene rings is 1. The molecule has 0 aliphatic carbocycles. The van der Waals surface area contributed by atoms with Gasteiger partial charge in [-0.2, -0.15) is 0 Å². The Labute approximate surface area is 116 Å². The second-order valence-electron chi connectivity index (χ2n) is 3.83. The second kappa shape index (κ2) is 6.10. The third-order valence-corrected chi connectivity index (χ3v) is 2.62. The van der Waals surface area contributed by atoms with E-state index in [2.05, 4.69) is 4.99 Å². The van der Waals surface area contributed by atoms with Crippen molar-refractivity contribution in [3.8, 4) is 11.5 Å². The van der Waals surface area contributed by atoms with Gasteiger partial charge in [0, 0.05) is 6.07 Å². The maximum Gasteiger partial charge on any atom is 0.367 e. The highest BCUT2D eigenvalue weighted by molar-refractivity contribution is 6.12. The van der Waals surface area contributed by atoms with E-state index in [0.717, 1.165) is 0 Å². The zero-order chi connectivity index (χ0) is 14.5. The maximum absolute atomic E-state index is 11.6. The zero-order valence-electron chi connectivity index (χ0n) is 11.5. The van der Waals surface area contributed by atoms with Crippen LogP contribution < -0.4 is 9.47 Å². The maximum atomic E-state index is 11.6. The summed E-state index contributed by atoms with van der Waals surface area (Å²) >= 11 is 0. The van der Waals surface area contributed by atoms with Gasteiger partial charge in [0.05, 0.1) is 26.4 Å². The fourth-order valence-electron chi connectivity index (χ4n) is 1.65. The molecule has 0 N–H and O–H groups in total. The van der Waals surface area contributed by atoms with E-state index in [9.17, 15) is 4.79 Å². The van der Waals surface area contributed by atoms with Crippen LogP contribution in [0.2, 0.25) is 0 Å². The molecule has 2 rings (SSSR count). The smallest absolute Gasteiger partial charge is 0.367 e. The van der Waals surface area contributed by atoms with Crippen LogP contribution >= 0.6 is 0 Å². The molecule has 0 amide bonds. The van der Waals surface area contributed by atoms with Crippen LogP contribution in [0.5, 0.6) is 11.5 Å². The number of ether oxygens (including phenoxy) is 4. The zero-order valence-corrected chi connectivity index (χ0v) is 11.5. The summed E-state index contributed by atoms with van der Waals surface area (Å²) in [7, 11) is 3.08. The van der Waals surface area contributed by atoms with Gasteiger partial charge in [-0.1, -0.05) is 0 Å². The van der Waals surface area contributed by atoms with Gasteiger partial charge in [-0.25, -0.2) is 9.79 Å². The molecule has 1 aromatic rings. The van der Waals surface area contributed by atoms with Crippen molar-refractivity contribution in [1.29, 1.82) is 0 Å². The number of cyclic esters (lactones) is 1. The van der Waals surface area contributed by atoms with Crippen LogP contribution in [-0.2, 0) is 14.3 Å². The summed E-state index contributed by atoms with van der Waals surface area (Å²) in [5.74, 6) is 0.779. The molecule has 0 radical (unpaired) electrons. The summed E-state index contributed by atoms with van der Waals surface area (Å²) in [5, 5.41) is 0. The van der Waals surface area contributed by atoms with Gasteiger partial charge in [0.2, 0.25) is 5.90 Å². The number of nitrogens with zero attached hydrogens (tertiary/aromatic N) is 1.